The minimum Gasteiger partial charge on any atom is -0.372 e. The molecule has 0 radical (unpaired) electrons. The Morgan fingerprint density at radius 1 is 0.852 bits per heavy atom. The minimum absolute atomic E-state index is 0.249. The highest BCUT2D eigenvalue weighted by Crippen LogP contribution is 2.26. The summed E-state index contributed by atoms with van der Waals surface area (Å²) in [5.41, 5.74) is 6.04. The number of benzene rings is 3. The van der Waals surface area contributed by atoms with E-state index in [0.717, 1.165) is 33.3 Å². The van der Waals surface area contributed by atoms with E-state index in [1.54, 1.807) is 12.1 Å². The summed E-state index contributed by atoms with van der Waals surface area (Å²) in [6, 6.07) is 24.8. The predicted molar refractivity (Wildman–Crippen MR) is 107 cm³/mol. The van der Waals surface area contributed by atoms with Crippen LogP contribution in [0.3, 0.4) is 0 Å². The topological polar surface area (TPSA) is 22.1 Å². The quantitative estimate of drug-likeness (QED) is 0.433. The highest BCUT2D eigenvalue weighted by molar-refractivity contribution is 5.85. The Balaban J connectivity index is 1.68. The molecule has 3 heteroatoms. The molecule has 0 amide bonds. The number of nitrogens with zero attached hydrogens (tertiary/aromatic N) is 1. The monoisotopic (exact) mass is 357 g/mol. The van der Waals surface area contributed by atoms with E-state index in [2.05, 4.69) is 31.2 Å². The van der Waals surface area contributed by atoms with Gasteiger partial charge in [-0.2, -0.15) is 0 Å². The second-order valence-electron chi connectivity index (χ2n) is 6.67. The number of rotatable bonds is 5. The Kier molecular flexibility index (Phi) is 4.95. The van der Waals surface area contributed by atoms with Gasteiger partial charge in [0.25, 0.3) is 0 Å². The zero-order valence-electron chi connectivity index (χ0n) is 15.2. The molecule has 1 heterocycles. The SMILES string of the molecule is Cc1ccc2nc(-c3ccc(F)cc3)cc(COCc3ccccc3)c2c1. The van der Waals surface area contributed by atoms with Crippen molar-refractivity contribution >= 4 is 10.9 Å². The van der Waals surface area contributed by atoms with Crippen LogP contribution in [0.4, 0.5) is 4.39 Å². The van der Waals surface area contributed by atoms with E-state index in [1.165, 1.54) is 17.7 Å². The summed E-state index contributed by atoms with van der Waals surface area (Å²) in [4.78, 5) is 4.77. The Hall–Kier alpha value is -3.04. The van der Waals surface area contributed by atoms with Gasteiger partial charge in [0.15, 0.2) is 0 Å². The van der Waals surface area contributed by atoms with E-state index in [4.69, 9.17) is 9.72 Å². The molecule has 134 valence electrons. The summed E-state index contributed by atoms with van der Waals surface area (Å²) in [6.45, 7) is 3.12. The summed E-state index contributed by atoms with van der Waals surface area (Å²) < 4.78 is 19.2. The second kappa shape index (κ2) is 7.68. The van der Waals surface area contributed by atoms with Crippen molar-refractivity contribution < 1.29 is 9.13 Å². The van der Waals surface area contributed by atoms with Crippen molar-refractivity contribution in [1.29, 1.82) is 0 Å². The van der Waals surface area contributed by atoms with Gasteiger partial charge in [0.1, 0.15) is 5.82 Å². The third kappa shape index (κ3) is 4.04. The minimum atomic E-state index is -0.249. The molecule has 0 N–H and O–H groups in total. The van der Waals surface area contributed by atoms with Gasteiger partial charge in [0.2, 0.25) is 0 Å². The molecule has 4 rings (SSSR count). The molecule has 1 aromatic heterocycles. The Morgan fingerprint density at radius 2 is 1.63 bits per heavy atom. The van der Waals surface area contributed by atoms with Gasteiger partial charge in [-0.3, -0.25) is 0 Å². The van der Waals surface area contributed by atoms with Crippen LogP contribution in [0.15, 0.2) is 78.9 Å². The van der Waals surface area contributed by atoms with Crippen LogP contribution in [0.2, 0.25) is 0 Å². The van der Waals surface area contributed by atoms with E-state index in [-0.39, 0.29) is 5.82 Å². The second-order valence-corrected chi connectivity index (χ2v) is 6.67. The molecule has 3 aromatic carbocycles. The molecular weight excluding hydrogens is 337 g/mol. The van der Waals surface area contributed by atoms with Gasteiger partial charge in [-0.1, -0.05) is 42.0 Å². The first-order valence-corrected chi connectivity index (χ1v) is 8.97. The number of ether oxygens (including phenoxy) is 1. The normalized spacial score (nSPS) is 11.0. The van der Waals surface area contributed by atoms with Gasteiger partial charge in [-0.25, -0.2) is 9.37 Å². The molecular formula is C24H20FNO. The number of halogens is 1. The summed E-state index contributed by atoms with van der Waals surface area (Å²) in [5.74, 6) is -0.249. The zero-order valence-corrected chi connectivity index (χ0v) is 15.2. The fourth-order valence-electron chi connectivity index (χ4n) is 3.15. The average Bonchev–Trinajstić information content (AvgIpc) is 2.69. The Bertz CT molecular complexity index is 1060. The van der Waals surface area contributed by atoms with Gasteiger partial charge in [0.05, 0.1) is 24.4 Å². The Morgan fingerprint density at radius 3 is 2.41 bits per heavy atom. The number of fused-ring (bicyclic) bond motifs is 1. The third-order valence-corrected chi connectivity index (χ3v) is 4.56. The van der Waals surface area contributed by atoms with Gasteiger partial charge >= 0.3 is 0 Å². The van der Waals surface area contributed by atoms with E-state index in [1.807, 2.05) is 30.3 Å². The van der Waals surface area contributed by atoms with Crippen LogP contribution >= 0.6 is 0 Å². The molecule has 0 unspecified atom stereocenters. The molecule has 0 saturated carbocycles. The third-order valence-electron chi connectivity index (χ3n) is 4.56. The number of aromatic nitrogens is 1. The maximum atomic E-state index is 13.3. The van der Waals surface area contributed by atoms with Crippen molar-refractivity contribution in [2.24, 2.45) is 0 Å². The van der Waals surface area contributed by atoms with Crippen molar-refractivity contribution in [2.75, 3.05) is 0 Å². The summed E-state index contributed by atoms with van der Waals surface area (Å²) >= 11 is 0. The first-order valence-electron chi connectivity index (χ1n) is 8.97. The van der Waals surface area contributed by atoms with Crippen molar-refractivity contribution in [2.45, 2.75) is 20.1 Å². The summed E-state index contributed by atoms with van der Waals surface area (Å²) in [7, 11) is 0. The van der Waals surface area contributed by atoms with Crippen molar-refractivity contribution in [1.82, 2.24) is 4.98 Å². The van der Waals surface area contributed by atoms with Gasteiger partial charge in [0, 0.05) is 10.9 Å². The maximum Gasteiger partial charge on any atom is 0.123 e. The van der Waals surface area contributed by atoms with Crippen LogP contribution in [0.1, 0.15) is 16.7 Å². The van der Waals surface area contributed by atoms with E-state index >= 15 is 0 Å². The number of pyridine rings is 1. The fourth-order valence-corrected chi connectivity index (χ4v) is 3.15. The van der Waals surface area contributed by atoms with Crippen LogP contribution < -0.4 is 0 Å². The average molecular weight is 357 g/mol. The molecule has 4 aromatic rings. The van der Waals surface area contributed by atoms with Gasteiger partial charge in [-0.05, 0) is 60.5 Å². The molecule has 0 bridgehead atoms. The van der Waals surface area contributed by atoms with Crippen LogP contribution in [0.25, 0.3) is 22.2 Å². The summed E-state index contributed by atoms with van der Waals surface area (Å²) in [6.07, 6.45) is 0. The van der Waals surface area contributed by atoms with Crippen LogP contribution in [-0.4, -0.2) is 4.98 Å². The summed E-state index contributed by atoms with van der Waals surface area (Å²) in [5, 5.41) is 1.09. The molecule has 0 atom stereocenters. The maximum absolute atomic E-state index is 13.3. The van der Waals surface area contributed by atoms with E-state index < -0.39 is 0 Å². The van der Waals surface area contributed by atoms with Crippen LogP contribution in [0.5, 0.6) is 0 Å². The van der Waals surface area contributed by atoms with E-state index in [0.29, 0.717) is 13.2 Å². The standard InChI is InChI=1S/C24H20FNO/c1-17-7-12-23-22(13-17)20(16-27-15-18-5-3-2-4-6-18)14-24(26-23)19-8-10-21(25)11-9-19/h2-14H,15-16H2,1H3. The highest BCUT2D eigenvalue weighted by atomic mass is 19.1. The molecule has 2 nitrogen and oxygen atoms in total. The molecule has 27 heavy (non-hydrogen) atoms. The number of aryl methyl sites for hydroxylation is 1. The zero-order chi connectivity index (χ0) is 18.6. The smallest absolute Gasteiger partial charge is 0.123 e. The molecule has 0 aliphatic carbocycles. The van der Waals surface area contributed by atoms with Gasteiger partial charge in [-0.15, -0.1) is 0 Å². The Labute approximate surface area is 158 Å². The van der Waals surface area contributed by atoms with Crippen molar-refractivity contribution in [3.8, 4) is 11.3 Å². The molecule has 0 aliphatic heterocycles. The van der Waals surface area contributed by atoms with Crippen molar-refractivity contribution in [3.05, 3.63) is 101 Å². The first-order chi connectivity index (χ1) is 13.2. The molecule has 0 fully saturated rings. The van der Waals surface area contributed by atoms with Crippen molar-refractivity contribution in [3.63, 3.8) is 0 Å². The van der Waals surface area contributed by atoms with Crippen LogP contribution in [0, 0.1) is 12.7 Å². The van der Waals surface area contributed by atoms with Crippen LogP contribution in [-0.2, 0) is 18.0 Å². The molecule has 0 spiro atoms. The predicted octanol–water partition coefficient (Wildman–Crippen LogP) is 6.07. The lowest BCUT2D eigenvalue weighted by Crippen LogP contribution is -1.98. The lowest BCUT2D eigenvalue weighted by molar-refractivity contribution is 0.108. The highest BCUT2D eigenvalue weighted by Gasteiger charge is 2.09. The lowest BCUT2D eigenvalue weighted by atomic mass is 10.0. The fraction of sp³-hybridized carbons (Fsp3) is 0.125. The van der Waals surface area contributed by atoms with E-state index in [9.17, 15) is 4.39 Å². The number of hydrogen-bond donors (Lipinski definition) is 0. The molecule has 0 aliphatic rings. The first kappa shape index (κ1) is 17.4. The number of hydrogen-bond acceptors (Lipinski definition) is 2. The van der Waals surface area contributed by atoms with Gasteiger partial charge < -0.3 is 4.74 Å². The molecule has 0 saturated heterocycles. The largest absolute Gasteiger partial charge is 0.372 e. The lowest BCUT2D eigenvalue weighted by Gasteiger charge is -2.12.